The molecule has 8 heteroatoms. The average molecular weight is 443 g/mol. The van der Waals surface area contributed by atoms with Crippen LogP contribution in [0.15, 0.2) is 42.5 Å². The number of likely N-dealkylation sites (N-methyl/N-ethyl adjacent to an activating group) is 1. The van der Waals surface area contributed by atoms with Gasteiger partial charge in [-0.2, -0.15) is 0 Å². The maximum absolute atomic E-state index is 13.7. The first kappa shape index (κ1) is 22.5. The highest BCUT2D eigenvalue weighted by Crippen LogP contribution is 2.24. The summed E-state index contributed by atoms with van der Waals surface area (Å²) >= 11 is 13.5. The van der Waals surface area contributed by atoms with Crippen molar-refractivity contribution in [1.29, 1.82) is 0 Å². The van der Waals surface area contributed by atoms with Crippen LogP contribution >= 0.6 is 35.0 Å². The van der Waals surface area contributed by atoms with E-state index in [1.165, 1.54) is 29.8 Å². The molecule has 0 aromatic heterocycles. The van der Waals surface area contributed by atoms with Crippen LogP contribution in [-0.2, 0) is 21.9 Å². The summed E-state index contributed by atoms with van der Waals surface area (Å²) in [7, 11) is 1.52. The zero-order valence-corrected chi connectivity index (χ0v) is 17.9. The number of halogens is 3. The topological polar surface area (TPSA) is 49.4 Å². The third-order valence-electron chi connectivity index (χ3n) is 4.21. The molecule has 0 saturated heterocycles. The van der Waals surface area contributed by atoms with E-state index >= 15 is 0 Å². The van der Waals surface area contributed by atoms with Gasteiger partial charge in [-0.05, 0) is 36.2 Å². The molecule has 0 aliphatic carbocycles. The fourth-order valence-electron chi connectivity index (χ4n) is 2.57. The van der Waals surface area contributed by atoms with Crippen molar-refractivity contribution in [2.45, 2.75) is 25.3 Å². The number of amides is 2. The van der Waals surface area contributed by atoms with Crippen molar-refractivity contribution in [3.05, 3.63) is 69.5 Å². The highest BCUT2D eigenvalue weighted by molar-refractivity contribution is 7.99. The minimum Gasteiger partial charge on any atom is -0.357 e. The van der Waals surface area contributed by atoms with E-state index in [4.69, 9.17) is 23.2 Å². The number of benzene rings is 2. The van der Waals surface area contributed by atoms with Gasteiger partial charge in [0.1, 0.15) is 11.9 Å². The van der Waals surface area contributed by atoms with E-state index in [2.05, 4.69) is 5.32 Å². The minimum absolute atomic E-state index is 0.112. The lowest BCUT2D eigenvalue weighted by Crippen LogP contribution is -2.47. The van der Waals surface area contributed by atoms with Crippen molar-refractivity contribution < 1.29 is 14.0 Å². The molecule has 0 fully saturated rings. The second kappa shape index (κ2) is 10.7. The Morgan fingerprint density at radius 2 is 1.89 bits per heavy atom. The number of rotatable bonds is 8. The summed E-state index contributed by atoms with van der Waals surface area (Å²) in [5, 5.41) is 3.47. The summed E-state index contributed by atoms with van der Waals surface area (Å²) in [6.07, 6.45) is 0. The number of carbonyl (C=O) groups excluding carboxylic acids is 2. The molecule has 2 amide bonds. The third-order valence-corrected chi connectivity index (χ3v) is 5.76. The van der Waals surface area contributed by atoms with E-state index in [-0.39, 0.29) is 29.9 Å². The maximum Gasteiger partial charge on any atom is 0.242 e. The molecule has 0 radical (unpaired) electrons. The van der Waals surface area contributed by atoms with Gasteiger partial charge < -0.3 is 10.2 Å². The Balaban J connectivity index is 2.10. The first-order valence-electron chi connectivity index (χ1n) is 8.59. The summed E-state index contributed by atoms with van der Waals surface area (Å²) in [4.78, 5) is 26.4. The van der Waals surface area contributed by atoms with Gasteiger partial charge >= 0.3 is 0 Å². The Morgan fingerprint density at radius 3 is 2.54 bits per heavy atom. The lowest BCUT2D eigenvalue weighted by atomic mass is 10.1. The average Bonchev–Trinajstić information content (AvgIpc) is 2.67. The Hall–Kier alpha value is -1.76. The summed E-state index contributed by atoms with van der Waals surface area (Å²) in [6.45, 7) is 1.83. The van der Waals surface area contributed by atoms with Crippen LogP contribution in [0.3, 0.4) is 0 Å². The number of hydrogen-bond acceptors (Lipinski definition) is 3. The molecule has 0 bridgehead atoms. The molecule has 2 rings (SSSR count). The molecule has 0 aliphatic heterocycles. The molecule has 2 aromatic carbocycles. The molecule has 0 unspecified atom stereocenters. The van der Waals surface area contributed by atoms with E-state index in [1.807, 2.05) is 0 Å². The predicted octanol–water partition coefficient (Wildman–Crippen LogP) is 4.53. The van der Waals surface area contributed by atoms with Crippen molar-refractivity contribution in [3.8, 4) is 0 Å². The fraction of sp³-hybridized carbons (Fsp3) is 0.300. The molecule has 0 heterocycles. The number of nitrogens with zero attached hydrogens (tertiary/aromatic N) is 1. The van der Waals surface area contributed by atoms with Crippen molar-refractivity contribution in [3.63, 3.8) is 0 Å². The van der Waals surface area contributed by atoms with Crippen LogP contribution < -0.4 is 5.32 Å². The van der Waals surface area contributed by atoms with Crippen molar-refractivity contribution in [2.24, 2.45) is 0 Å². The summed E-state index contributed by atoms with van der Waals surface area (Å²) in [5.74, 6) is -0.338. The smallest absolute Gasteiger partial charge is 0.242 e. The van der Waals surface area contributed by atoms with Crippen molar-refractivity contribution in [1.82, 2.24) is 10.2 Å². The molecule has 0 aliphatic rings. The van der Waals surface area contributed by atoms with Crippen LogP contribution in [0.25, 0.3) is 0 Å². The maximum atomic E-state index is 13.7. The second-order valence-corrected chi connectivity index (χ2v) is 7.96. The van der Waals surface area contributed by atoms with Gasteiger partial charge in [0, 0.05) is 29.4 Å². The molecule has 28 heavy (non-hydrogen) atoms. The fourth-order valence-corrected chi connectivity index (χ4v) is 3.94. The molecule has 0 spiro atoms. The Kier molecular flexibility index (Phi) is 8.60. The number of carbonyl (C=O) groups is 2. The monoisotopic (exact) mass is 442 g/mol. The summed E-state index contributed by atoms with van der Waals surface area (Å²) in [5.41, 5.74) is 1.22. The van der Waals surface area contributed by atoms with Gasteiger partial charge in [-0.25, -0.2) is 4.39 Å². The zero-order chi connectivity index (χ0) is 20.7. The van der Waals surface area contributed by atoms with Gasteiger partial charge in [-0.15, -0.1) is 11.8 Å². The first-order valence-corrected chi connectivity index (χ1v) is 10.5. The Labute approximate surface area is 178 Å². The molecule has 150 valence electrons. The van der Waals surface area contributed by atoms with Crippen LogP contribution in [0.1, 0.15) is 18.1 Å². The predicted molar refractivity (Wildman–Crippen MR) is 113 cm³/mol. The Bertz CT molecular complexity index is 851. The largest absolute Gasteiger partial charge is 0.357 e. The van der Waals surface area contributed by atoms with Crippen LogP contribution in [-0.4, -0.2) is 35.6 Å². The van der Waals surface area contributed by atoms with E-state index in [9.17, 15) is 14.0 Å². The minimum atomic E-state index is -0.682. The van der Waals surface area contributed by atoms with Crippen molar-refractivity contribution >= 4 is 46.8 Å². The molecule has 4 nitrogen and oxygen atoms in total. The van der Waals surface area contributed by atoms with Crippen LogP contribution in [0.5, 0.6) is 0 Å². The van der Waals surface area contributed by atoms with E-state index in [0.29, 0.717) is 26.9 Å². The van der Waals surface area contributed by atoms with Gasteiger partial charge in [0.15, 0.2) is 0 Å². The normalized spacial score (nSPS) is 11.8. The highest BCUT2D eigenvalue weighted by Gasteiger charge is 2.26. The summed E-state index contributed by atoms with van der Waals surface area (Å²) < 4.78 is 13.7. The standard InChI is InChI=1S/C20H21Cl2FN2O2S/c1-13(20(27)24-2)25(10-14-7-8-16(21)9-17(14)22)19(26)12-28-11-15-5-3-4-6-18(15)23/h3-9,13H,10-12H2,1-2H3,(H,24,27)/t13-/m0/s1. The van der Waals surface area contributed by atoms with E-state index in [1.54, 1.807) is 43.3 Å². The number of nitrogens with one attached hydrogen (secondary N) is 1. The third kappa shape index (κ3) is 6.12. The first-order chi connectivity index (χ1) is 13.3. The van der Waals surface area contributed by atoms with Gasteiger partial charge in [0.25, 0.3) is 0 Å². The van der Waals surface area contributed by atoms with Gasteiger partial charge in [0.05, 0.1) is 5.75 Å². The number of thioether (sulfide) groups is 1. The molecular weight excluding hydrogens is 422 g/mol. The quantitative estimate of drug-likeness (QED) is 0.653. The van der Waals surface area contributed by atoms with E-state index < -0.39 is 6.04 Å². The SMILES string of the molecule is CNC(=O)[C@H](C)N(Cc1ccc(Cl)cc1Cl)C(=O)CSCc1ccccc1F. The van der Waals surface area contributed by atoms with Gasteiger partial charge in [-0.3, -0.25) is 9.59 Å². The van der Waals surface area contributed by atoms with Gasteiger partial charge in [0.2, 0.25) is 11.8 Å². The number of hydrogen-bond donors (Lipinski definition) is 1. The molecule has 0 saturated carbocycles. The van der Waals surface area contributed by atoms with Crippen LogP contribution in [0.4, 0.5) is 4.39 Å². The Morgan fingerprint density at radius 1 is 1.18 bits per heavy atom. The van der Waals surface area contributed by atoms with E-state index in [0.717, 1.165) is 0 Å². The lowest BCUT2D eigenvalue weighted by Gasteiger charge is -2.28. The second-order valence-electron chi connectivity index (χ2n) is 6.13. The molecule has 2 aromatic rings. The molecular formula is C20H21Cl2FN2O2S. The van der Waals surface area contributed by atoms with Crippen LogP contribution in [0.2, 0.25) is 10.0 Å². The summed E-state index contributed by atoms with van der Waals surface area (Å²) in [6, 6.07) is 10.8. The van der Waals surface area contributed by atoms with Crippen molar-refractivity contribution in [2.75, 3.05) is 12.8 Å². The zero-order valence-electron chi connectivity index (χ0n) is 15.5. The highest BCUT2D eigenvalue weighted by atomic mass is 35.5. The van der Waals surface area contributed by atoms with Gasteiger partial charge in [-0.1, -0.05) is 47.5 Å². The van der Waals surface area contributed by atoms with Crippen LogP contribution in [0, 0.1) is 5.82 Å². The molecule has 1 N–H and O–H groups in total. The molecule has 1 atom stereocenters. The lowest BCUT2D eigenvalue weighted by molar-refractivity contribution is -0.138.